The van der Waals surface area contributed by atoms with Crippen LogP contribution in [0.4, 0.5) is 10.8 Å². The number of anilines is 2. The predicted molar refractivity (Wildman–Crippen MR) is 81.5 cm³/mol. The Hall–Kier alpha value is -0.900. The van der Waals surface area contributed by atoms with Crippen molar-refractivity contribution in [3.05, 3.63) is 0 Å². The van der Waals surface area contributed by atoms with Crippen LogP contribution >= 0.6 is 11.5 Å². The van der Waals surface area contributed by atoms with Crippen molar-refractivity contribution in [1.29, 1.82) is 0 Å². The Labute approximate surface area is 124 Å². The normalized spacial score (nSPS) is 13.9. The van der Waals surface area contributed by atoms with Crippen LogP contribution in [-0.4, -0.2) is 51.0 Å². The first kappa shape index (κ1) is 17.2. The van der Waals surface area contributed by atoms with Gasteiger partial charge in [-0.25, -0.2) is 12.7 Å². The van der Waals surface area contributed by atoms with Gasteiger partial charge in [0, 0.05) is 21.2 Å². The number of aromatic nitrogens is 1. The van der Waals surface area contributed by atoms with Crippen LogP contribution in [0.2, 0.25) is 0 Å². The molecule has 1 aromatic heterocycles. The number of nitrogens with one attached hydrogen (secondary N) is 1. The molecule has 0 saturated carbocycles. The maximum absolute atomic E-state index is 12.3. The number of hydrogen-bond donors (Lipinski definition) is 2. The summed E-state index contributed by atoms with van der Waals surface area (Å²) in [6, 6.07) is -0.0176. The van der Waals surface area contributed by atoms with Crippen molar-refractivity contribution in [2.24, 2.45) is 5.92 Å². The third-order valence-electron chi connectivity index (χ3n) is 2.88. The smallest absolute Gasteiger partial charge is 0.249 e. The molecule has 0 bridgehead atoms. The van der Waals surface area contributed by atoms with E-state index >= 15 is 0 Å². The van der Waals surface area contributed by atoms with Crippen molar-refractivity contribution in [3.8, 4) is 0 Å². The minimum absolute atomic E-state index is 0.0176. The molecule has 0 radical (unpaired) electrons. The van der Waals surface area contributed by atoms with Gasteiger partial charge in [-0.3, -0.25) is 0 Å². The molecular formula is C11H22N4O3S2. The monoisotopic (exact) mass is 322 g/mol. The molecule has 1 heterocycles. The van der Waals surface area contributed by atoms with Crippen molar-refractivity contribution in [2.45, 2.75) is 24.8 Å². The Balaban J connectivity index is 3.16. The zero-order valence-electron chi connectivity index (χ0n) is 12.4. The van der Waals surface area contributed by atoms with E-state index in [4.69, 9.17) is 10.5 Å². The van der Waals surface area contributed by atoms with Gasteiger partial charge in [-0.05, 0) is 17.5 Å². The highest BCUT2D eigenvalue weighted by Crippen LogP contribution is 2.34. The number of methoxy groups -OCH3 is 1. The highest BCUT2D eigenvalue weighted by Gasteiger charge is 2.29. The van der Waals surface area contributed by atoms with E-state index in [1.165, 1.54) is 14.1 Å². The number of nitrogens with zero attached hydrogens (tertiary/aromatic N) is 2. The largest absolute Gasteiger partial charge is 0.383 e. The SMILES string of the molecule is COCC(Nc1snc(N)c1S(=O)(=O)N(C)C)C(C)C. The molecule has 0 aliphatic carbocycles. The molecule has 1 aromatic rings. The van der Waals surface area contributed by atoms with Gasteiger partial charge in [0.05, 0.1) is 12.6 Å². The molecule has 1 unspecified atom stereocenters. The van der Waals surface area contributed by atoms with Crippen LogP contribution in [0.1, 0.15) is 13.8 Å². The molecule has 0 aliphatic rings. The van der Waals surface area contributed by atoms with E-state index in [2.05, 4.69) is 9.69 Å². The average Bonchev–Trinajstić information content (AvgIpc) is 2.70. The third-order valence-corrected chi connectivity index (χ3v) is 5.69. The minimum atomic E-state index is -3.63. The molecule has 0 spiro atoms. The number of nitrogen functional groups attached to an aromatic ring is 1. The van der Waals surface area contributed by atoms with Crippen molar-refractivity contribution in [1.82, 2.24) is 8.68 Å². The van der Waals surface area contributed by atoms with Crippen LogP contribution in [0.25, 0.3) is 0 Å². The third kappa shape index (κ3) is 3.60. The second kappa shape index (κ2) is 6.70. The average molecular weight is 322 g/mol. The number of ether oxygens (including phenoxy) is 1. The summed E-state index contributed by atoms with van der Waals surface area (Å²) in [6.07, 6.45) is 0. The van der Waals surface area contributed by atoms with Gasteiger partial charge in [-0.15, -0.1) is 0 Å². The molecule has 1 rings (SSSR count). The molecule has 0 amide bonds. The van der Waals surface area contributed by atoms with Crippen molar-refractivity contribution in [2.75, 3.05) is 38.9 Å². The Bertz CT molecular complexity index is 540. The summed E-state index contributed by atoms with van der Waals surface area (Å²) in [7, 11) is 0.906. The summed E-state index contributed by atoms with van der Waals surface area (Å²) < 4.78 is 34.8. The zero-order valence-corrected chi connectivity index (χ0v) is 14.0. The van der Waals surface area contributed by atoms with Gasteiger partial charge in [-0.2, -0.15) is 4.37 Å². The molecule has 3 N–H and O–H groups in total. The van der Waals surface area contributed by atoms with E-state index in [0.29, 0.717) is 11.6 Å². The van der Waals surface area contributed by atoms with Crippen LogP contribution < -0.4 is 11.1 Å². The summed E-state index contributed by atoms with van der Waals surface area (Å²) in [4.78, 5) is 0.0363. The van der Waals surface area contributed by atoms with Crippen LogP contribution in [-0.2, 0) is 14.8 Å². The fourth-order valence-electron chi connectivity index (χ4n) is 1.57. The number of hydrogen-bond acceptors (Lipinski definition) is 7. The molecule has 0 fully saturated rings. The molecule has 116 valence electrons. The molecular weight excluding hydrogens is 300 g/mol. The Kier molecular flexibility index (Phi) is 5.75. The van der Waals surface area contributed by atoms with Crippen molar-refractivity contribution >= 4 is 32.4 Å². The van der Waals surface area contributed by atoms with Gasteiger partial charge in [-0.1, -0.05) is 13.8 Å². The highest BCUT2D eigenvalue weighted by molar-refractivity contribution is 7.89. The number of nitrogens with two attached hydrogens (primary N) is 1. The summed E-state index contributed by atoms with van der Waals surface area (Å²) in [5.41, 5.74) is 5.71. The van der Waals surface area contributed by atoms with Gasteiger partial charge in [0.1, 0.15) is 5.00 Å². The number of sulfonamides is 1. The van der Waals surface area contributed by atoms with E-state index < -0.39 is 10.0 Å². The molecule has 1 atom stereocenters. The van der Waals surface area contributed by atoms with Crippen LogP contribution in [0.3, 0.4) is 0 Å². The summed E-state index contributed by atoms with van der Waals surface area (Å²) in [6.45, 7) is 4.53. The first-order chi connectivity index (χ1) is 9.21. The van der Waals surface area contributed by atoms with Gasteiger partial charge >= 0.3 is 0 Å². The topological polar surface area (TPSA) is 97.5 Å². The first-order valence-corrected chi connectivity index (χ1v) is 8.36. The lowest BCUT2D eigenvalue weighted by molar-refractivity contribution is 0.171. The van der Waals surface area contributed by atoms with Gasteiger partial charge in [0.2, 0.25) is 10.0 Å². The number of rotatable bonds is 7. The Morgan fingerprint density at radius 3 is 2.50 bits per heavy atom. The zero-order chi connectivity index (χ0) is 15.5. The van der Waals surface area contributed by atoms with Crippen LogP contribution in [0.5, 0.6) is 0 Å². The fourth-order valence-corrected chi connectivity index (χ4v) is 3.69. The molecule has 0 aliphatic heterocycles. The summed E-state index contributed by atoms with van der Waals surface area (Å²) in [5.74, 6) is 0.291. The maximum Gasteiger partial charge on any atom is 0.249 e. The Morgan fingerprint density at radius 2 is 2.05 bits per heavy atom. The molecule has 20 heavy (non-hydrogen) atoms. The lowest BCUT2D eigenvalue weighted by Gasteiger charge is -2.22. The minimum Gasteiger partial charge on any atom is -0.383 e. The predicted octanol–water partition coefficient (Wildman–Crippen LogP) is 1.06. The lowest BCUT2D eigenvalue weighted by atomic mass is 10.1. The van der Waals surface area contributed by atoms with E-state index in [1.807, 2.05) is 13.8 Å². The molecule has 9 heteroatoms. The van der Waals surface area contributed by atoms with Crippen LogP contribution in [0.15, 0.2) is 4.90 Å². The summed E-state index contributed by atoms with van der Waals surface area (Å²) >= 11 is 1.04. The molecule has 0 aromatic carbocycles. The summed E-state index contributed by atoms with van der Waals surface area (Å²) in [5, 5.41) is 3.63. The van der Waals surface area contributed by atoms with Gasteiger partial charge in [0.25, 0.3) is 0 Å². The second-order valence-electron chi connectivity index (χ2n) is 4.96. The van der Waals surface area contributed by atoms with E-state index in [-0.39, 0.29) is 22.7 Å². The van der Waals surface area contributed by atoms with Crippen molar-refractivity contribution < 1.29 is 13.2 Å². The lowest BCUT2D eigenvalue weighted by Crippen LogP contribution is -2.31. The quantitative estimate of drug-likeness (QED) is 0.779. The standard InChI is InChI=1S/C11H22N4O3S2/c1-7(2)8(6-18-5)13-11-9(10(12)14-19-11)20(16,17)15(3)4/h7-8,13H,6H2,1-5H3,(H2,12,14). The maximum atomic E-state index is 12.3. The van der Waals surface area contributed by atoms with Gasteiger partial charge < -0.3 is 15.8 Å². The van der Waals surface area contributed by atoms with E-state index in [1.54, 1.807) is 7.11 Å². The highest BCUT2D eigenvalue weighted by atomic mass is 32.2. The van der Waals surface area contributed by atoms with Gasteiger partial charge in [0.15, 0.2) is 10.7 Å². The fraction of sp³-hybridized carbons (Fsp3) is 0.727. The van der Waals surface area contributed by atoms with Crippen molar-refractivity contribution in [3.63, 3.8) is 0 Å². The van der Waals surface area contributed by atoms with E-state index in [9.17, 15) is 8.42 Å². The first-order valence-electron chi connectivity index (χ1n) is 6.15. The van der Waals surface area contributed by atoms with E-state index in [0.717, 1.165) is 15.8 Å². The van der Waals surface area contributed by atoms with Crippen LogP contribution in [0, 0.1) is 5.92 Å². The second-order valence-corrected chi connectivity index (χ2v) is 7.83. The molecule has 7 nitrogen and oxygen atoms in total. The Morgan fingerprint density at radius 1 is 1.45 bits per heavy atom. The molecule has 0 saturated heterocycles.